The molecule has 7 heteroatoms. The molecular weight excluding hydrogens is 334 g/mol. The highest BCUT2D eigenvalue weighted by Gasteiger charge is 2.26. The zero-order valence-corrected chi connectivity index (χ0v) is 12.9. The SMILES string of the molecule is CC(C)C(C(=O)Nc1ccc(Br)c(Cl)c1)/C(N)=N/O. The lowest BCUT2D eigenvalue weighted by Gasteiger charge is -2.18. The number of hydrogen-bond donors (Lipinski definition) is 3. The van der Waals surface area contributed by atoms with Gasteiger partial charge in [-0.15, -0.1) is 0 Å². The summed E-state index contributed by atoms with van der Waals surface area (Å²) in [6.45, 7) is 3.63. The molecule has 0 saturated heterocycles. The second kappa shape index (κ2) is 6.77. The summed E-state index contributed by atoms with van der Waals surface area (Å²) < 4.78 is 0.740. The summed E-state index contributed by atoms with van der Waals surface area (Å²) in [6, 6.07) is 5.05. The van der Waals surface area contributed by atoms with Crippen molar-refractivity contribution >= 4 is 45.0 Å². The van der Waals surface area contributed by atoms with Gasteiger partial charge in [0, 0.05) is 10.2 Å². The lowest BCUT2D eigenvalue weighted by Crippen LogP contribution is -2.38. The average Bonchev–Trinajstić information content (AvgIpc) is 2.33. The van der Waals surface area contributed by atoms with E-state index in [0.717, 1.165) is 4.47 Å². The molecule has 0 aliphatic rings. The second-order valence-electron chi connectivity index (χ2n) is 4.36. The van der Waals surface area contributed by atoms with Gasteiger partial charge in [0.25, 0.3) is 0 Å². The number of benzene rings is 1. The van der Waals surface area contributed by atoms with Crippen LogP contribution < -0.4 is 11.1 Å². The zero-order chi connectivity index (χ0) is 14.6. The van der Waals surface area contributed by atoms with Crippen LogP contribution in [-0.2, 0) is 4.79 Å². The summed E-state index contributed by atoms with van der Waals surface area (Å²) in [5, 5.41) is 14.8. The van der Waals surface area contributed by atoms with Gasteiger partial charge in [-0.3, -0.25) is 4.79 Å². The molecular formula is C12H15BrClN3O2. The molecule has 0 fully saturated rings. The first-order chi connectivity index (χ1) is 8.86. The Bertz CT molecular complexity index is 506. The number of amides is 1. The maximum atomic E-state index is 12.1. The van der Waals surface area contributed by atoms with Crippen LogP contribution in [0.4, 0.5) is 5.69 Å². The average molecular weight is 349 g/mol. The molecule has 0 spiro atoms. The quantitative estimate of drug-likeness (QED) is 0.338. The van der Waals surface area contributed by atoms with Crippen molar-refractivity contribution in [1.82, 2.24) is 0 Å². The van der Waals surface area contributed by atoms with E-state index < -0.39 is 5.92 Å². The third-order valence-corrected chi connectivity index (χ3v) is 3.80. The van der Waals surface area contributed by atoms with E-state index in [1.807, 2.05) is 13.8 Å². The molecule has 104 valence electrons. The first-order valence-corrected chi connectivity index (χ1v) is 6.77. The van der Waals surface area contributed by atoms with Crippen LogP contribution in [0.3, 0.4) is 0 Å². The number of carbonyl (C=O) groups is 1. The van der Waals surface area contributed by atoms with Crippen LogP contribution in [0.5, 0.6) is 0 Å². The van der Waals surface area contributed by atoms with E-state index in [9.17, 15) is 4.79 Å². The molecule has 1 aromatic rings. The molecule has 0 aromatic heterocycles. The lowest BCUT2D eigenvalue weighted by atomic mass is 9.94. The first kappa shape index (κ1) is 15.8. The first-order valence-electron chi connectivity index (χ1n) is 5.60. The fourth-order valence-corrected chi connectivity index (χ4v) is 2.06. The van der Waals surface area contributed by atoms with E-state index in [4.69, 9.17) is 22.5 Å². The minimum Gasteiger partial charge on any atom is -0.409 e. The highest BCUT2D eigenvalue weighted by molar-refractivity contribution is 9.10. The molecule has 0 aliphatic heterocycles. The zero-order valence-electron chi connectivity index (χ0n) is 10.5. The van der Waals surface area contributed by atoms with Crippen LogP contribution in [0.25, 0.3) is 0 Å². The molecule has 0 saturated carbocycles. The van der Waals surface area contributed by atoms with Gasteiger partial charge < -0.3 is 16.3 Å². The van der Waals surface area contributed by atoms with Gasteiger partial charge >= 0.3 is 0 Å². The number of anilines is 1. The Morgan fingerprint density at radius 2 is 2.16 bits per heavy atom. The Morgan fingerprint density at radius 3 is 2.63 bits per heavy atom. The van der Waals surface area contributed by atoms with Crippen molar-refractivity contribution in [2.45, 2.75) is 13.8 Å². The molecule has 5 nitrogen and oxygen atoms in total. The summed E-state index contributed by atoms with van der Waals surface area (Å²) >= 11 is 9.21. The number of nitrogens with two attached hydrogens (primary N) is 1. The Hall–Kier alpha value is -1.27. The van der Waals surface area contributed by atoms with Crippen molar-refractivity contribution in [2.75, 3.05) is 5.32 Å². The highest BCUT2D eigenvalue weighted by atomic mass is 79.9. The number of rotatable bonds is 4. The number of halogens is 2. The lowest BCUT2D eigenvalue weighted by molar-refractivity contribution is -0.119. The molecule has 1 aromatic carbocycles. The number of oxime groups is 1. The Morgan fingerprint density at radius 1 is 1.53 bits per heavy atom. The Balaban J connectivity index is 2.90. The van der Waals surface area contributed by atoms with Crippen LogP contribution in [0.1, 0.15) is 13.8 Å². The number of carbonyl (C=O) groups excluding carboxylic acids is 1. The fourth-order valence-electron chi connectivity index (χ4n) is 1.63. The van der Waals surface area contributed by atoms with Crippen molar-refractivity contribution in [3.05, 3.63) is 27.7 Å². The van der Waals surface area contributed by atoms with Gasteiger partial charge in [-0.25, -0.2) is 0 Å². The molecule has 1 amide bonds. The topological polar surface area (TPSA) is 87.7 Å². The smallest absolute Gasteiger partial charge is 0.235 e. The minimum absolute atomic E-state index is 0.0955. The van der Waals surface area contributed by atoms with Crippen molar-refractivity contribution < 1.29 is 10.0 Å². The van der Waals surface area contributed by atoms with Crippen LogP contribution in [0.15, 0.2) is 27.8 Å². The third-order valence-electron chi connectivity index (χ3n) is 2.57. The molecule has 1 rings (SSSR count). The Labute approximate surface area is 124 Å². The number of nitrogens with zero attached hydrogens (tertiary/aromatic N) is 1. The van der Waals surface area contributed by atoms with Crippen molar-refractivity contribution in [3.63, 3.8) is 0 Å². The molecule has 19 heavy (non-hydrogen) atoms. The molecule has 0 heterocycles. The molecule has 0 bridgehead atoms. The van der Waals surface area contributed by atoms with E-state index in [0.29, 0.717) is 10.7 Å². The number of hydrogen-bond acceptors (Lipinski definition) is 3. The number of nitrogens with one attached hydrogen (secondary N) is 1. The molecule has 1 unspecified atom stereocenters. The molecule has 0 radical (unpaired) electrons. The van der Waals surface area contributed by atoms with Gasteiger partial charge in [-0.05, 0) is 40.0 Å². The van der Waals surface area contributed by atoms with Gasteiger partial charge in [0.1, 0.15) is 5.92 Å². The van der Waals surface area contributed by atoms with Crippen LogP contribution >= 0.6 is 27.5 Å². The predicted octanol–water partition coefficient (Wildman–Crippen LogP) is 3.06. The summed E-state index contributed by atoms with van der Waals surface area (Å²) in [6.07, 6.45) is 0. The largest absolute Gasteiger partial charge is 0.409 e. The van der Waals surface area contributed by atoms with Crippen LogP contribution in [0.2, 0.25) is 5.02 Å². The van der Waals surface area contributed by atoms with Crippen molar-refractivity contribution in [1.29, 1.82) is 0 Å². The maximum absolute atomic E-state index is 12.1. The van der Waals surface area contributed by atoms with E-state index in [2.05, 4.69) is 26.4 Å². The van der Waals surface area contributed by atoms with Gasteiger partial charge in [0.05, 0.1) is 5.02 Å². The van der Waals surface area contributed by atoms with Gasteiger partial charge in [0.2, 0.25) is 5.91 Å². The van der Waals surface area contributed by atoms with Gasteiger partial charge in [-0.1, -0.05) is 30.6 Å². The molecule has 4 N–H and O–H groups in total. The normalized spacial score (nSPS) is 13.4. The highest BCUT2D eigenvalue weighted by Crippen LogP contribution is 2.26. The summed E-state index contributed by atoms with van der Waals surface area (Å²) in [4.78, 5) is 12.1. The van der Waals surface area contributed by atoms with Crippen LogP contribution in [-0.4, -0.2) is 17.0 Å². The van der Waals surface area contributed by atoms with E-state index in [-0.39, 0.29) is 17.7 Å². The third kappa shape index (κ3) is 4.11. The van der Waals surface area contributed by atoms with Crippen molar-refractivity contribution in [3.8, 4) is 0 Å². The van der Waals surface area contributed by atoms with Gasteiger partial charge in [-0.2, -0.15) is 0 Å². The van der Waals surface area contributed by atoms with E-state index in [1.165, 1.54) is 0 Å². The predicted molar refractivity (Wildman–Crippen MR) is 79.5 cm³/mol. The summed E-state index contributed by atoms with van der Waals surface area (Å²) in [5.74, 6) is -1.26. The molecule has 1 atom stereocenters. The number of amidine groups is 1. The monoisotopic (exact) mass is 347 g/mol. The minimum atomic E-state index is -0.701. The van der Waals surface area contributed by atoms with E-state index >= 15 is 0 Å². The second-order valence-corrected chi connectivity index (χ2v) is 5.63. The maximum Gasteiger partial charge on any atom is 0.235 e. The Kier molecular flexibility index (Phi) is 5.62. The summed E-state index contributed by atoms with van der Waals surface area (Å²) in [5.41, 5.74) is 6.08. The standard InChI is InChI=1S/C12H15BrClN3O2/c1-6(2)10(11(15)17-19)12(18)16-7-3-4-8(13)9(14)5-7/h3-6,10,19H,1-2H3,(H2,15,17)(H,16,18). The molecule has 0 aliphatic carbocycles. The summed E-state index contributed by atoms with van der Waals surface area (Å²) in [7, 11) is 0. The van der Waals surface area contributed by atoms with Crippen molar-refractivity contribution in [2.24, 2.45) is 22.7 Å². The fraction of sp³-hybridized carbons (Fsp3) is 0.333. The van der Waals surface area contributed by atoms with Gasteiger partial charge in [0.15, 0.2) is 5.84 Å². The van der Waals surface area contributed by atoms with Crippen LogP contribution in [0, 0.1) is 11.8 Å². The van der Waals surface area contributed by atoms with E-state index in [1.54, 1.807) is 18.2 Å².